The lowest BCUT2D eigenvalue weighted by Gasteiger charge is -1.56. The minimum Gasteiger partial charge on any atom is -0.412 e. The van der Waals surface area contributed by atoms with Crippen molar-refractivity contribution >= 4 is 0 Å². The van der Waals surface area contributed by atoms with Crippen LogP contribution in [-0.4, -0.2) is 16.0 Å². The highest BCUT2D eigenvalue weighted by Gasteiger charge is 1.27. The van der Waals surface area contributed by atoms with E-state index in [0.29, 0.717) is 0 Å². The Labute approximate surface area is 47.1 Å². The summed E-state index contributed by atoms with van der Waals surface area (Å²) in [6.45, 7) is 0. The van der Waals surface area contributed by atoms with Gasteiger partial charge in [-0.25, -0.2) is 10.5 Å². The lowest BCUT2D eigenvalue weighted by atomic mass is 12.0. The van der Waals surface area contributed by atoms with E-state index in [0.717, 1.165) is 0 Å². The van der Waals surface area contributed by atoms with Crippen LogP contribution in [0.1, 0.15) is 14.9 Å². The second-order valence-electron chi connectivity index (χ2n) is 0.0816. The number of rotatable bonds is 0. The van der Waals surface area contributed by atoms with Gasteiger partial charge in [0.25, 0.3) is 0 Å². The van der Waals surface area contributed by atoms with Crippen LogP contribution in [0, 0.1) is 9.93 Å². The molecule has 0 unspecified atom stereocenters. The largest absolute Gasteiger partial charge is 0.412 e. The van der Waals surface area contributed by atoms with Gasteiger partial charge in [0.1, 0.15) is 0 Å². The molecule has 56 valence electrons. The Balaban J connectivity index is -0.00000000567. The summed E-state index contributed by atoms with van der Waals surface area (Å²) in [5, 5.41) is 15.5. The maximum absolute atomic E-state index is 7.00. The van der Waals surface area contributed by atoms with Crippen molar-refractivity contribution in [2.45, 2.75) is 14.9 Å². The first-order valence-electron chi connectivity index (χ1n) is 0.532. The summed E-state index contributed by atoms with van der Waals surface area (Å²) >= 11 is 0. The molecule has 8 heavy (non-hydrogen) atoms. The average Bonchev–Trinajstić information content (AvgIpc) is 1.46. The highest BCUT2D eigenvalue weighted by molar-refractivity contribution is 4.07. The molecule has 0 bridgehead atoms. The van der Waals surface area contributed by atoms with E-state index < -0.39 is 0 Å². The summed E-state index contributed by atoms with van der Waals surface area (Å²) in [6, 6.07) is 0. The van der Waals surface area contributed by atoms with Crippen molar-refractivity contribution in [2.24, 2.45) is 0 Å². The lowest BCUT2D eigenvalue weighted by Crippen LogP contribution is -1.60. The maximum Gasteiger partial charge on any atom is 0 e. The fraction of sp³-hybridized carbons (Fsp3) is 1.00. The molecule has 0 aromatic carbocycles. The fourth-order valence-electron chi connectivity index (χ4n) is 0. The van der Waals surface area contributed by atoms with E-state index in [9.17, 15) is 0 Å². The highest BCUT2D eigenvalue weighted by atomic mass is 17.4. The van der Waals surface area contributed by atoms with Crippen LogP contribution < -0.4 is 0 Å². The van der Waals surface area contributed by atoms with E-state index in [1.165, 1.54) is 0 Å². The van der Waals surface area contributed by atoms with Crippen LogP contribution >= 0.6 is 0 Å². The molecule has 0 fully saturated rings. The predicted octanol–water partition coefficient (Wildman–Crippen LogP) is 0.464. The molecule has 0 aliphatic carbocycles. The zero-order chi connectivity index (χ0) is 4.71. The van der Waals surface area contributed by atoms with Crippen molar-refractivity contribution in [1.29, 1.82) is 0 Å². The first kappa shape index (κ1) is 51.8. The molecule has 0 aliphatic heterocycles. The quantitative estimate of drug-likeness (QED) is 0.367. The smallest absolute Gasteiger partial charge is 0 e. The van der Waals surface area contributed by atoms with Gasteiger partial charge in [0.2, 0.25) is 0 Å². The third-order valence-electron chi connectivity index (χ3n) is 0. The van der Waals surface area contributed by atoms with Crippen LogP contribution in [0.3, 0.4) is 0 Å². The zero-order valence-corrected chi connectivity index (χ0v) is 2.62. The normalized spacial score (nSPS) is 2.75. The summed E-state index contributed by atoms with van der Waals surface area (Å²) in [5.74, 6) is 0. The van der Waals surface area contributed by atoms with Gasteiger partial charge in [-0.05, 0) is 0 Å². The van der Waals surface area contributed by atoms with Gasteiger partial charge in [-0.1, -0.05) is 19.9 Å². The second kappa shape index (κ2) is 984. The topological polar surface area (TPSA) is 115 Å². The Hall–Kier alpha value is -0.560. The zero-order valence-electron chi connectivity index (χ0n) is 2.62. The minimum atomic E-state index is 0. The van der Waals surface area contributed by atoms with E-state index in [4.69, 9.17) is 20.4 Å². The molecule has 0 amide bonds. The van der Waals surface area contributed by atoms with Crippen molar-refractivity contribution in [3.05, 3.63) is 9.93 Å². The SMILES string of the molecule is C.C.O.O=O.OOO. The predicted molar refractivity (Wildman–Crippen MR) is 30.2 cm³/mol. The van der Waals surface area contributed by atoms with E-state index >= 15 is 0 Å². The third-order valence-corrected chi connectivity index (χ3v) is 0. The molecule has 6 heteroatoms. The molecule has 4 N–H and O–H groups in total. The van der Waals surface area contributed by atoms with Gasteiger partial charge in [-0.2, -0.15) is 0 Å². The van der Waals surface area contributed by atoms with Gasteiger partial charge in [-0.3, -0.25) is 0 Å². The summed E-state index contributed by atoms with van der Waals surface area (Å²) in [6.07, 6.45) is 0. The molecule has 0 atom stereocenters. The Morgan fingerprint density at radius 2 is 1.00 bits per heavy atom. The number of hydrogen-bond donors (Lipinski definition) is 2. The van der Waals surface area contributed by atoms with Crippen molar-refractivity contribution in [1.82, 2.24) is 0 Å². The van der Waals surface area contributed by atoms with Gasteiger partial charge in [-0.15, -0.1) is 0 Å². The van der Waals surface area contributed by atoms with E-state index in [-0.39, 0.29) is 20.3 Å². The fourth-order valence-corrected chi connectivity index (χ4v) is 0. The minimum absolute atomic E-state index is 0. The first-order chi connectivity index (χ1) is 2.41. The van der Waals surface area contributed by atoms with Crippen LogP contribution in [0.4, 0.5) is 0 Å². The molecular formula is C2H12O6. The van der Waals surface area contributed by atoms with Gasteiger partial charge < -0.3 is 5.48 Å². The molecule has 0 rings (SSSR count). The molecule has 6 nitrogen and oxygen atoms in total. The van der Waals surface area contributed by atoms with Gasteiger partial charge in [0.05, 0.1) is 0 Å². The van der Waals surface area contributed by atoms with Gasteiger partial charge >= 0.3 is 0 Å². The average molecular weight is 132 g/mol. The second-order valence-corrected chi connectivity index (χ2v) is 0.0816. The Bertz CT molecular complexity index is 10.5. The monoisotopic (exact) mass is 132 g/mol. The van der Waals surface area contributed by atoms with Crippen molar-refractivity contribution in [3.8, 4) is 0 Å². The molecule has 0 aromatic rings. The summed E-state index contributed by atoms with van der Waals surface area (Å²) in [5.41, 5.74) is 0. The maximum atomic E-state index is 7.00. The van der Waals surface area contributed by atoms with Gasteiger partial charge in [0.15, 0.2) is 0 Å². The van der Waals surface area contributed by atoms with E-state index in [1.807, 2.05) is 0 Å². The van der Waals surface area contributed by atoms with Crippen LogP contribution in [-0.2, 0) is 5.04 Å². The number of hydrogen-bond acceptors (Lipinski definition) is 5. The van der Waals surface area contributed by atoms with Crippen LogP contribution in [0.25, 0.3) is 0 Å². The summed E-state index contributed by atoms with van der Waals surface area (Å²) in [7, 11) is 0. The Morgan fingerprint density at radius 1 is 1.00 bits per heavy atom. The first-order valence-corrected chi connectivity index (χ1v) is 0.532. The summed E-state index contributed by atoms with van der Waals surface area (Å²) in [4.78, 5) is 14.0. The molecule has 0 aliphatic rings. The van der Waals surface area contributed by atoms with Crippen LogP contribution in [0.2, 0.25) is 0 Å². The third kappa shape index (κ3) is 342. The lowest BCUT2D eigenvalue weighted by molar-refractivity contribution is -0.465. The summed E-state index contributed by atoms with van der Waals surface area (Å²) < 4.78 is 0. The van der Waals surface area contributed by atoms with E-state index in [2.05, 4.69) is 5.04 Å². The molecule has 0 saturated heterocycles. The molecule has 0 saturated carbocycles. The molecular weight excluding hydrogens is 120 g/mol. The van der Waals surface area contributed by atoms with Crippen molar-refractivity contribution < 1.29 is 21.0 Å². The standard InChI is InChI=1S/2CH4.H2O3.O2.H2O/c;;1-3-2;1-2;/h2*1H4;1-2H;;1H2. The highest BCUT2D eigenvalue weighted by Crippen LogP contribution is 1.24. The van der Waals surface area contributed by atoms with Crippen molar-refractivity contribution in [2.75, 3.05) is 0 Å². The Morgan fingerprint density at radius 3 is 1.00 bits per heavy atom. The van der Waals surface area contributed by atoms with Crippen LogP contribution in [0.15, 0.2) is 0 Å². The van der Waals surface area contributed by atoms with E-state index in [1.54, 1.807) is 0 Å². The van der Waals surface area contributed by atoms with Gasteiger partial charge in [0, 0.05) is 9.93 Å². The molecule has 0 aromatic heterocycles. The van der Waals surface area contributed by atoms with Crippen LogP contribution in [0.5, 0.6) is 0 Å². The molecule has 0 spiro atoms. The Kier molecular flexibility index (Phi) is 6380. The van der Waals surface area contributed by atoms with Crippen molar-refractivity contribution in [3.63, 3.8) is 0 Å². The molecule has 0 radical (unpaired) electrons. The molecule has 0 heterocycles.